The third kappa shape index (κ3) is 11.3. The monoisotopic (exact) mass is 161 g/mol. The molecule has 0 saturated heterocycles. The molecule has 0 aromatic heterocycles. The number of aliphatic carboxylic acids is 1. The van der Waals surface area contributed by atoms with Crippen LogP contribution in [0.3, 0.4) is 0 Å². The van der Waals surface area contributed by atoms with Gasteiger partial charge in [0, 0.05) is 12.8 Å². The molecule has 4 heteroatoms. The van der Waals surface area contributed by atoms with Crippen LogP contribution in [-0.4, -0.2) is 18.6 Å². The SMILES string of the molecule is [2H]OC([2H])(C([2H])([2H])[2H])C([2H])([2H])CCC(=O)[O-].[Na+]. The number of carboxylic acids is 1. The van der Waals surface area contributed by atoms with E-state index >= 15 is 0 Å². The molecule has 10 heavy (non-hydrogen) atoms. The molecule has 0 spiro atoms. The van der Waals surface area contributed by atoms with E-state index in [0.717, 1.165) is 0 Å². The molecule has 0 amide bonds. The Kier molecular flexibility index (Phi) is 2.94. The summed E-state index contributed by atoms with van der Waals surface area (Å²) in [5.74, 6) is -1.57. The molecule has 0 saturated carbocycles. The van der Waals surface area contributed by atoms with Crippen LogP contribution in [0, 0.1) is 0 Å². The summed E-state index contributed by atoms with van der Waals surface area (Å²) in [7, 11) is 0. The molecular formula is C6H11NaO3. The number of aliphatic hydroxyl groups is 1. The molecule has 0 aromatic carbocycles. The van der Waals surface area contributed by atoms with Gasteiger partial charge in [-0.1, -0.05) is 0 Å². The van der Waals surface area contributed by atoms with Gasteiger partial charge in [0.05, 0.1) is 7.45 Å². The fourth-order valence-corrected chi connectivity index (χ4v) is 0.278. The topological polar surface area (TPSA) is 60.4 Å². The fourth-order valence-electron chi connectivity index (χ4n) is 0.278. The molecule has 0 aromatic rings. The number of carbonyl (C=O) groups is 1. The van der Waals surface area contributed by atoms with Crippen molar-refractivity contribution in [3.05, 3.63) is 0 Å². The van der Waals surface area contributed by atoms with Crippen molar-refractivity contribution in [3.63, 3.8) is 0 Å². The average Bonchev–Trinajstić information content (AvgIpc) is 2.11. The third-order valence-corrected chi connectivity index (χ3v) is 0.615. The molecule has 0 bridgehead atoms. The predicted octanol–water partition coefficient (Wildman–Crippen LogP) is -3.71. The van der Waals surface area contributed by atoms with Crippen molar-refractivity contribution in [3.8, 4) is 0 Å². The summed E-state index contributed by atoms with van der Waals surface area (Å²) in [6, 6.07) is 0. The van der Waals surface area contributed by atoms with Crippen molar-refractivity contribution in [2.45, 2.75) is 32.1 Å². The van der Waals surface area contributed by atoms with Gasteiger partial charge in [-0.2, -0.15) is 0 Å². The van der Waals surface area contributed by atoms with Crippen LogP contribution in [0.4, 0.5) is 0 Å². The van der Waals surface area contributed by atoms with Crippen molar-refractivity contribution >= 4 is 5.97 Å². The Morgan fingerprint density at radius 3 is 3.30 bits per heavy atom. The van der Waals surface area contributed by atoms with Gasteiger partial charge < -0.3 is 15.0 Å². The van der Waals surface area contributed by atoms with E-state index in [9.17, 15) is 9.90 Å². The second-order valence-electron chi connectivity index (χ2n) is 1.38. The van der Waals surface area contributed by atoms with Crippen molar-refractivity contribution in [1.82, 2.24) is 0 Å². The number of hydrogen-bond acceptors (Lipinski definition) is 3. The molecule has 0 aliphatic rings. The number of carbonyl (C=O) groups excluding carboxylic acids is 1. The zero-order chi connectivity index (χ0) is 13.2. The maximum atomic E-state index is 10.1. The summed E-state index contributed by atoms with van der Waals surface area (Å²) in [4.78, 5) is 10.1. The first-order valence-electron chi connectivity index (χ1n) is 5.73. The Labute approximate surface area is 92.6 Å². The Morgan fingerprint density at radius 1 is 2.20 bits per heavy atom. The molecule has 1 N–H and O–H groups in total. The van der Waals surface area contributed by atoms with Crippen molar-refractivity contribution < 1.29 is 52.8 Å². The molecule has 0 aliphatic carbocycles. The number of hydrogen-bond donors (Lipinski definition) is 1. The molecule has 0 aliphatic heterocycles. The van der Waals surface area contributed by atoms with E-state index in [4.69, 9.17) is 9.66 Å². The van der Waals surface area contributed by atoms with E-state index in [2.05, 4.69) is 5.11 Å². The van der Waals surface area contributed by atoms with Gasteiger partial charge in [0.2, 0.25) is 1.43 Å². The normalized spacial score (nSPS) is 27.8. The van der Waals surface area contributed by atoms with E-state index in [0.29, 0.717) is 0 Å². The van der Waals surface area contributed by atoms with E-state index in [1.54, 1.807) is 0 Å². The second kappa shape index (κ2) is 7.54. The first-order chi connectivity index (χ1) is 6.98. The summed E-state index contributed by atoms with van der Waals surface area (Å²) in [6.07, 6.45) is -7.47. The Morgan fingerprint density at radius 2 is 2.90 bits per heavy atom. The van der Waals surface area contributed by atoms with Crippen molar-refractivity contribution in [2.24, 2.45) is 0 Å². The molecule has 0 radical (unpaired) electrons. The van der Waals surface area contributed by atoms with Gasteiger partial charge in [-0.3, -0.25) is 0 Å². The molecule has 1 unspecified atom stereocenters. The smallest absolute Gasteiger partial charge is 0.550 e. The summed E-state index contributed by atoms with van der Waals surface area (Å²) in [6.45, 7) is -3.20. The van der Waals surface area contributed by atoms with Crippen LogP contribution >= 0.6 is 0 Å². The summed E-state index contributed by atoms with van der Waals surface area (Å²) < 4.78 is 49.2. The Balaban J connectivity index is 0. The first kappa shape index (κ1) is 3.90. The van der Waals surface area contributed by atoms with Gasteiger partial charge >= 0.3 is 29.6 Å². The molecule has 54 valence electrons. The molecule has 0 fully saturated rings. The standard InChI is InChI=1S/C6H12O3.Na/c1-5(7)3-2-4-6(8)9;/h5,7H,2-4H2,1H3,(H,8,9);/q;+1/p-1/i1D3,3D2,5D,7D;. The Hall–Kier alpha value is 0.430. The zero-order valence-electron chi connectivity index (χ0n) is 12.6. The minimum absolute atomic E-state index is 0. The fraction of sp³-hybridized carbons (Fsp3) is 0.833. The van der Waals surface area contributed by atoms with E-state index in [-0.39, 0.29) is 29.6 Å². The summed E-state index contributed by atoms with van der Waals surface area (Å²) in [5, 5.41) is 13.8. The maximum absolute atomic E-state index is 10.1. The third-order valence-electron chi connectivity index (χ3n) is 0.615. The van der Waals surface area contributed by atoms with Gasteiger partial charge in [-0.15, -0.1) is 0 Å². The number of rotatable bonds is 5. The Bertz CT molecular complexity index is 269. The van der Waals surface area contributed by atoms with Crippen molar-refractivity contribution in [1.29, 1.82) is 1.43 Å². The van der Waals surface area contributed by atoms with Gasteiger partial charge in [-0.05, 0) is 26.1 Å². The van der Waals surface area contributed by atoms with Crippen LogP contribution in [0.2, 0.25) is 0 Å². The largest absolute Gasteiger partial charge is 1.00 e. The van der Waals surface area contributed by atoms with Gasteiger partial charge in [0.25, 0.3) is 0 Å². The van der Waals surface area contributed by atoms with Gasteiger partial charge in [0.1, 0.15) is 0 Å². The summed E-state index contributed by atoms with van der Waals surface area (Å²) >= 11 is 0. The first-order valence-corrected chi connectivity index (χ1v) is 2.32. The van der Waals surface area contributed by atoms with Gasteiger partial charge in [-0.25, -0.2) is 0 Å². The minimum atomic E-state index is -3.20. The molecule has 0 rings (SSSR count). The average molecular weight is 161 g/mol. The van der Waals surface area contributed by atoms with Crippen LogP contribution in [0.25, 0.3) is 0 Å². The van der Waals surface area contributed by atoms with E-state index in [1.165, 1.54) is 0 Å². The van der Waals surface area contributed by atoms with E-state index in [1.807, 2.05) is 0 Å². The molecular weight excluding hydrogens is 143 g/mol. The van der Waals surface area contributed by atoms with Crippen LogP contribution in [0.5, 0.6) is 0 Å². The van der Waals surface area contributed by atoms with Gasteiger partial charge in [0.15, 0.2) is 0 Å². The molecule has 0 heterocycles. The predicted molar refractivity (Wildman–Crippen MR) is 30.5 cm³/mol. The zero-order valence-corrected chi connectivity index (χ0v) is 7.64. The van der Waals surface area contributed by atoms with E-state index < -0.39 is 38.1 Å². The second-order valence-corrected chi connectivity index (χ2v) is 1.38. The van der Waals surface area contributed by atoms with Crippen LogP contribution < -0.4 is 34.7 Å². The van der Waals surface area contributed by atoms with Crippen LogP contribution in [0.1, 0.15) is 34.3 Å². The maximum Gasteiger partial charge on any atom is 1.00 e. The van der Waals surface area contributed by atoms with Crippen LogP contribution in [0.15, 0.2) is 0 Å². The van der Waals surface area contributed by atoms with Crippen LogP contribution in [-0.2, 0) is 4.79 Å². The molecule has 1 atom stereocenters. The molecule has 3 nitrogen and oxygen atoms in total. The summed E-state index contributed by atoms with van der Waals surface area (Å²) in [5.41, 5.74) is 0. The number of carboxylic acid groups (broad SMARTS) is 1. The quantitative estimate of drug-likeness (QED) is 0.422. The minimum Gasteiger partial charge on any atom is -0.550 e. The van der Waals surface area contributed by atoms with Crippen molar-refractivity contribution in [2.75, 3.05) is 0 Å².